The number of nitrogens with two attached hydrogens (primary N) is 1. The molecule has 0 unspecified atom stereocenters. The molecule has 0 fully saturated rings. The van der Waals surface area contributed by atoms with Gasteiger partial charge >= 0.3 is 0 Å². The van der Waals surface area contributed by atoms with Crippen LogP contribution in [0, 0.1) is 7.05 Å². The quantitative estimate of drug-likeness (QED) is 0.710. The topological polar surface area (TPSA) is 50.8 Å². The number of rotatable bonds is 3. The largest absolute Gasteiger partial charge is 0.368 e. The van der Waals surface area contributed by atoms with Crippen molar-refractivity contribution in [3.63, 3.8) is 0 Å². The number of hydrogen-bond acceptors (Lipinski definition) is 2. The first-order valence-corrected chi connectivity index (χ1v) is 5.36. The van der Waals surface area contributed by atoms with Crippen molar-refractivity contribution in [2.45, 2.75) is 0 Å². The predicted molar refractivity (Wildman–Crippen MR) is 51.7 cm³/mol. The molecule has 0 saturated carbocycles. The van der Waals surface area contributed by atoms with E-state index in [1.54, 1.807) is 0 Å². The molecule has 0 aliphatic carbocycles. The van der Waals surface area contributed by atoms with E-state index in [-0.39, 0.29) is 0 Å². The van der Waals surface area contributed by atoms with Crippen molar-refractivity contribution in [2.24, 2.45) is 0 Å². The Bertz CT molecular complexity index is 381. The van der Waals surface area contributed by atoms with Crippen LogP contribution in [0.4, 0.5) is 0 Å². The maximum atomic E-state index is 11.0. The van der Waals surface area contributed by atoms with Gasteiger partial charge in [0.15, 0.2) is 0 Å². The van der Waals surface area contributed by atoms with Crippen LogP contribution in [-0.4, -0.2) is 8.42 Å². The van der Waals surface area contributed by atoms with E-state index in [1.807, 2.05) is 30.3 Å². The van der Waals surface area contributed by atoms with E-state index < -0.39 is 10.0 Å². The zero-order chi connectivity index (χ0) is 9.73. The average Bonchev–Trinajstić information content (AvgIpc) is 2.17. The molecule has 1 aromatic rings. The van der Waals surface area contributed by atoms with Gasteiger partial charge in [0.05, 0.1) is 5.41 Å². The Kier molecular flexibility index (Phi) is 3.22. The highest BCUT2D eigenvalue weighted by Gasteiger charge is 1.98. The van der Waals surface area contributed by atoms with E-state index in [1.165, 1.54) is 6.08 Å². The molecule has 0 radical (unpaired) electrons. The van der Waals surface area contributed by atoms with Gasteiger partial charge in [0.2, 0.25) is 0 Å². The zero-order valence-corrected chi connectivity index (χ0v) is 7.87. The van der Waals surface area contributed by atoms with E-state index in [9.17, 15) is 8.42 Å². The highest BCUT2D eigenvalue weighted by Crippen LogP contribution is 2.01. The monoisotopic (exact) mass is 197 g/mol. The van der Waals surface area contributed by atoms with Crippen molar-refractivity contribution >= 4 is 16.1 Å². The Morgan fingerprint density at radius 2 is 1.85 bits per heavy atom. The molecule has 3 nitrogen and oxygen atoms in total. The number of hydrogen-bond donors (Lipinski definition) is 1. The third-order valence-electron chi connectivity index (χ3n) is 1.48. The normalized spacial score (nSPS) is 12.1. The fourth-order valence-corrected chi connectivity index (χ4v) is 1.25. The molecule has 70 valence electrons. The van der Waals surface area contributed by atoms with E-state index in [2.05, 4.69) is 7.05 Å². The highest BCUT2D eigenvalue weighted by molar-refractivity contribution is 7.87. The van der Waals surface area contributed by atoms with Crippen LogP contribution in [-0.2, 0) is 10.0 Å². The van der Waals surface area contributed by atoms with Crippen molar-refractivity contribution in [1.29, 1.82) is 0 Å². The summed E-state index contributed by atoms with van der Waals surface area (Å²) >= 11 is 0. The summed E-state index contributed by atoms with van der Waals surface area (Å²) in [7, 11) is -0.0289. The van der Waals surface area contributed by atoms with Crippen molar-refractivity contribution in [1.82, 2.24) is 0 Å². The van der Waals surface area contributed by atoms with Gasteiger partial charge in [-0.1, -0.05) is 30.3 Å². The van der Waals surface area contributed by atoms with E-state index in [0.29, 0.717) is 0 Å². The summed E-state index contributed by atoms with van der Waals surface area (Å²) in [6.07, 6.45) is 1.54. The highest BCUT2D eigenvalue weighted by atomic mass is 32.2. The molecule has 0 saturated heterocycles. The van der Waals surface area contributed by atoms with Crippen molar-refractivity contribution in [3.8, 4) is 0 Å². The lowest BCUT2D eigenvalue weighted by Gasteiger charge is -1.95. The molecule has 0 heterocycles. The Morgan fingerprint density at radius 3 is 2.38 bits per heavy atom. The van der Waals surface area contributed by atoms with Crippen molar-refractivity contribution in [2.75, 3.05) is 0 Å². The molecule has 0 spiro atoms. The second-order valence-corrected chi connectivity index (χ2v) is 4.25. The average molecular weight is 197 g/mol. The summed E-state index contributed by atoms with van der Waals surface area (Å²) < 4.78 is 22.9. The first-order valence-electron chi connectivity index (χ1n) is 3.75. The van der Waals surface area contributed by atoms with Crippen LogP contribution >= 0.6 is 0 Å². The molecule has 0 aliphatic rings. The number of benzene rings is 1. The van der Waals surface area contributed by atoms with Gasteiger partial charge in [0, 0.05) is 0 Å². The maximum absolute atomic E-state index is 11.0. The van der Waals surface area contributed by atoms with Gasteiger partial charge in [0.25, 0.3) is 10.0 Å². The van der Waals surface area contributed by atoms with Crippen LogP contribution in [0.5, 0.6) is 0 Å². The molecular formula is C9H11NO2S. The van der Waals surface area contributed by atoms with Gasteiger partial charge in [0.1, 0.15) is 0 Å². The molecule has 2 N–H and O–H groups in total. The van der Waals surface area contributed by atoms with Gasteiger partial charge in [-0.15, -0.1) is 7.05 Å². The molecule has 0 bridgehead atoms. The van der Waals surface area contributed by atoms with Crippen LogP contribution in [0.2, 0.25) is 0 Å². The van der Waals surface area contributed by atoms with E-state index in [4.69, 9.17) is 0 Å². The Balaban J connectivity index is 2.82. The molecule has 4 heteroatoms. The molecule has 0 amide bonds. The summed E-state index contributed by atoms with van der Waals surface area (Å²) in [6, 6.07) is 9.23. The lowest BCUT2D eigenvalue weighted by molar-refractivity contribution is -0.422. The molecular weight excluding hydrogens is 186 g/mol. The van der Waals surface area contributed by atoms with Crippen molar-refractivity contribution in [3.05, 3.63) is 48.4 Å². The van der Waals surface area contributed by atoms with Crippen LogP contribution in [0.1, 0.15) is 5.56 Å². The van der Waals surface area contributed by atoms with E-state index in [0.717, 1.165) is 15.7 Å². The van der Waals surface area contributed by atoms with Crippen LogP contribution < -0.4 is 4.72 Å². The van der Waals surface area contributed by atoms with E-state index >= 15 is 0 Å². The standard InChI is InChI=1S/C9H11NO2S/c1-10-13(11,12)8-7-9-5-3-2-4-6-9/h2-8H,1,10H2/b8-7+. The fourth-order valence-electron chi connectivity index (χ4n) is 0.793. The summed E-state index contributed by atoms with van der Waals surface area (Å²) in [6.45, 7) is 0. The summed E-state index contributed by atoms with van der Waals surface area (Å²) in [5.74, 6) is 0. The lowest BCUT2D eigenvalue weighted by Crippen LogP contribution is -2.79. The zero-order valence-electron chi connectivity index (χ0n) is 7.05. The van der Waals surface area contributed by atoms with Crippen LogP contribution in [0.25, 0.3) is 6.08 Å². The predicted octanol–water partition coefficient (Wildman–Crippen LogP) is 0.342. The minimum absolute atomic E-state index is 0.855. The molecule has 0 aromatic heterocycles. The van der Waals surface area contributed by atoms with Crippen LogP contribution in [0.3, 0.4) is 0 Å². The third-order valence-corrected chi connectivity index (χ3v) is 2.46. The molecule has 1 aromatic carbocycles. The molecule has 1 rings (SSSR count). The smallest absolute Gasteiger partial charge is 0.292 e. The lowest BCUT2D eigenvalue weighted by atomic mass is 10.2. The van der Waals surface area contributed by atoms with Gasteiger partial charge in [-0.25, -0.2) is 0 Å². The van der Waals surface area contributed by atoms with Crippen LogP contribution in [0.15, 0.2) is 35.7 Å². The minimum Gasteiger partial charge on any atom is -0.368 e. The maximum Gasteiger partial charge on any atom is 0.292 e. The van der Waals surface area contributed by atoms with Gasteiger partial charge in [-0.2, -0.15) is 8.42 Å². The molecule has 13 heavy (non-hydrogen) atoms. The number of primary sulfonamides is 1. The second kappa shape index (κ2) is 4.20. The minimum atomic E-state index is -3.23. The Morgan fingerprint density at radius 1 is 1.23 bits per heavy atom. The fraction of sp³-hybridized carbons (Fsp3) is 0. The Labute approximate surface area is 78.1 Å². The number of sulfonamides is 1. The summed E-state index contributed by atoms with van der Waals surface area (Å²) in [4.78, 5) is 0. The summed E-state index contributed by atoms with van der Waals surface area (Å²) in [5.41, 5.74) is 0.855. The molecule has 0 atom stereocenters. The van der Waals surface area contributed by atoms with Crippen molar-refractivity contribution < 1.29 is 13.1 Å². The number of quaternary nitrogens is 1. The Hall–Kier alpha value is -1.13. The SMILES string of the molecule is [CH2-][NH2+]S(=O)(=O)/C=C/c1ccccc1. The van der Waals surface area contributed by atoms with Gasteiger partial charge < -0.3 is 4.72 Å². The molecule has 0 aliphatic heterocycles. The third kappa shape index (κ3) is 3.40. The van der Waals surface area contributed by atoms with Gasteiger partial charge in [-0.05, 0) is 11.6 Å². The summed E-state index contributed by atoms with van der Waals surface area (Å²) in [5, 5.41) is 1.13. The first-order chi connectivity index (χ1) is 6.14. The first kappa shape index (κ1) is 9.95. The van der Waals surface area contributed by atoms with Gasteiger partial charge in [-0.3, -0.25) is 0 Å². The second-order valence-electron chi connectivity index (χ2n) is 2.47.